The molecule has 0 aliphatic carbocycles. The molecule has 0 radical (unpaired) electrons. The van der Waals surface area contributed by atoms with Gasteiger partial charge in [-0.25, -0.2) is 13.4 Å². The Morgan fingerprint density at radius 3 is 0.456 bits per heavy atom. The zero-order valence-electron chi connectivity index (χ0n) is 47.2. The molecule has 0 spiro atoms. The molecule has 0 bridgehead atoms. The summed E-state index contributed by atoms with van der Waals surface area (Å²) < 4.78 is 2.35. The summed E-state index contributed by atoms with van der Waals surface area (Å²) in [6, 6.07) is 98.4. The molecule has 0 saturated heterocycles. The molecule has 0 amide bonds. The Hall–Kier alpha value is -7.20. The Labute approximate surface area is 475 Å². The molecule has 0 heterocycles. The molecule has 0 atom stereocenters. The normalized spacial score (nSPS) is 11.2. The van der Waals surface area contributed by atoms with Gasteiger partial charge in [-0.05, 0) is 148 Å². The van der Waals surface area contributed by atoms with Crippen molar-refractivity contribution < 1.29 is 15.1 Å². The van der Waals surface area contributed by atoms with E-state index in [1.807, 2.05) is 0 Å². The second kappa shape index (κ2) is 34.0. The fourth-order valence-corrected chi connectivity index (χ4v) is 11.0. The van der Waals surface area contributed by atoms with Crippen LogP contribution in [-0.2, 0) is 0 Å². The van der Waals surface area contributed by atoms with Gasteiger partial charge in [0, 0.05) is 0 Å². The van der Waals surface area contributed by atoms with Gasteiger partial charge in [0.2, 0.25) is 0 Å². The highest BCUT2D eigenvalue weighted by Gasteiger charge is 2.38. The summed E-state index contributed by atoms with van der Waals surface area (Å²) in [5.74, 6) is 0. The lowest BCUT2D eigenvalue weighted by Crippen LogP contribution is -2.56. The third kappa shape index (κ3) is 17.1. The molecule has 0 aliphatic heterocycles. The van der Waals surface area contributed by atoms with Crippen LogP contribution in [0.2, 0.25) is 0 Å². The van der Waals surface area contributed by atoms with Gasteiger partial charge in [0.05, 0.1) is 19.6 Å². The summed E-state index contributed by atoms with van der Waals surface area (Å²) in [5, 5.41) is 25.2. The van der Waals surface area contributed by atoms with Gasteiger partial charge in [0.1, 0.15) is 51.2 Å². The smallest absolute Gasteiger partial charge is 0.143 e. The van der Waals surface area contributed by atoms with E-state index in [0.29, 0.717) is 0 Å². The number of nitrogens with zero attached hydrogens (tertiary/aromatic N) is 3. The lowest BCUT2D eigenvalue weighted by atomic mass is 10.1. The Balaban J connectivity index is 0.000000185. The van der Waals surface area contributed by atoms with Crippen LogP contribution in [0.15, 0.2) is 273 Å². The molecule has 408 valence electrons. The van der Waals surface area contributed by atoms with E-state index in [-0.39, 0.29) is 0 Å². The van der Waals surface area contributed by atoms with Crippen LogP contribution in [0.3, 0.4) is 0 Å². The molecule has 0 fully saturated rings. The van der Waals surface area contributed by atoms with E-state index < -0.39 is 7.32 Å². The number of unbranched alkanes of at least 4 members (excludes halogenated alkanes) is 9. The second-order valence-electron chi connectivity index (χ2n) is 20.1. The number of para-hydroxylation sites is 9. The van der Waals surface area contributed by atoms with Crippen molar-refractivity contribution in [2.75, 3.05) is 19.6 Å². The van der Waals surface area contributed by atoms with Crippen LogP contribution in [0.4, 0.5) is 51.2 Å². The molecule has 9 aromatic rings. The predicted octanol–water partition coefficient (Wildman–Crippen LogP) is 17.8. The highest BCUT2D eigenvalue weighted by Crippen LogP contribution is 2.47. The van der Waals surface area contributed by atoms with Crippen LogP contribution in [0, 0.1) is 0 Å². The second-order valence-corrected chi connectivity index (χ2v) is 20.1. The van der Waals surface area contributed by atoms with Crippen LogP contribution in [0.1, 0.15) is 97.8 Å². The van der Waals surface area contributed by atoms with E-state index in [2.05, 4.69) is 294 Å². The Morgan fingerprint density at radius 1 is 0.215 bits per heavy atom. The van der Waals surface area contributed by atoms with Gasteiger partial charge in [0.15, 0.2) is 0 Å². The van der Waals surface area contributed by atoms with Crippen molar-refractivity contribution in [1.82, 2.24) is 13.4 Å². The maximum atomic E-state index is 8.42. The van der Waals surface area contributed by atoms with Crippen molar-refractivity contribution in [3.05, 3.63) is 273 Å². The molecular weight excluding hydrogens is 966 g/mol. The zero-order chi connectivity index (χ0) is 55.7. The molecular formula is C72H84BN3O3. The average Bonchev–Trinajstić information content (AvgIpc) is 3.63. The Morgan fingerprint density at radius 2 is 0.342 bits per heavy atom. The van der Waals surface area contributed by atoms with Crippen molar-refractivity contribution in [3.63, 3.8) is 0 Å². The quantitative estimate of drug-likeness (QED) is 0.0344. The number of quaternary nitrogens is 3. The van der Waals surface area contributed by atoms with E-state index in [1.165, 1.54) is 128 Å². The van der Waals surface area contributed by atoms with Gasteiger partial charge in [-0.3, -0.25) is 7.32 Å². The molecule has 6 nitrogen and oxygen atoms in total. The first kappa shape index (κ1) is 61.0. The van der Waals surface area contributed by atoms with Gasteiger partial charge in [-0.2, -0.15) is 0 Å². The summed E-state index contributed by atoms with van der Waals surface area (Å²) in [6.45, 7) is 10.1. The van der Waals surface area contributed by atoms with Gasteiger partial charge >= 0.3 is 0 Å². The summed E-state index contributed by atoms with van der Waals surface area (Å²) in [7, 11) is -2.92. The first-order valence-corrected chi connectivity index (χ1v) is 29.0. The maximum Gasteiger partial charge on any atom is 0.143 e. The van der Waals surface area contributed by atoms with E-state index in [0.717, 1.165) is 33.1 Å². The number of benzene rings is 9. The number of hydrogen-bond acceptors (Lipinski definition) is 3. The van der Waals surface area contributed by atoms with Crippen molar-refractivity contribution in [2.24, 2.45) is 0 Å². The van der Waals surface area contributed by atoms with Crippen molar-refractivity contribution >= 4 is 58.5 Å². The summed E-state index contributed by atoms with van der Waals surface area (Å²) >= 11 is 0. The third-order valence-electron chi connectivity index (χ3n) is 14.8. The zero-order valence-corrected chi connectivity index (χ0v) is 47.2. The van der Waals surface area contributed by atoms with E-state index >= 15 is 0 Å². The van der Waals surface area contributed by atoms with Crippen molar-refractivity contribution in [2.45, 2.75) is 97.8 Å². The molecule has 0 saturated carbocycles. The Kier molecular flexibility index (Phi) is 26.2. The van der Waals surface area contributed by atoms with E-state index in [9.17, 15) is 0 Å². The summed E-state index contributed by atoms with van der Waals surface area (Å²) in [5.41, 5.74) is 12.0. The van der Waals surface area contributed by atoms with E-state index in [1.54, 1.807) is 0 Å². The molecule has 7 heteroatoms. The lowest BCUT2D eigenvalue weighted by Gasteiger charge is -2.37. The van der Waals surface area contributed by atoms with Gasteiger partial charge < -0.3 is 15.1 Å². The lowest BCUT2D eigenvalue weighted by molar-refractivity contribution is -0.479. The maximum absolute atomic E-state index is 8.42. The molecule has 79 heavy (non-hydrogen) atoms. The topological polar surface area (TPSA) is 69.2 Å². The van der Waals surface area contributed by atoms with Crippen molar-refractivity contribution in [1.29, 1.82) is 0 Å². The van der Waals surface area contributed by atoms with Crippen LogP contribution in [0.25, 0.3) is 0 Å². The highest BCUT2D eigenvalue weighted by molar-refractivity contribution is 6.24. The van der Waals surface area contributed by atoms with Gasteiger partial charge in [-0.1, -0.05) is 223 Å². The molecule has 9 aromatic carbocycles. The summed E-state index contributed by atoms with van der Waals surface area (Å²) in [4.78, 5) is 0. The first-order chi connectivity index (χ1) is 38.9. The fraction of sp³-hybridized carbons (Fsp3) is 0.250. The van der Waals surface area contributed by atoms with Gasteiger partial charge in [-0.15, -0.1) is 0 Å². The third-order valence-corrected chi connectivity index (χ3v) is 14.8. The van der Waals surface area contributed by atoms with Crippen LogP contribution in [-0.4, -0.2) is 27.0 Å². The first-order valence-electron chi connectivity index (χ1n) is 29.0. The molecule has 0 unspecified atom stereocenters. The summed E-state index contributed by atoms with van der Waals surface area (Å²) in [6.07, 6.45) is 15.2. The van der Waals surface area contributed by atoms with Crippen LogP contribution < -0.4 is 28.5 Å². The highest BCUT2D eigenvalue weighted by atomic mass is 16.5. The molecule has 0 aliphatic rings. The SMILES string of the molecule is CCCCCC[N+](c1ccccc1)(c1ccccc1)c1ccccc1.CCCCCC[N+](c1ccccc1)(c1ccccc1)c1ccccc1.CCCCCC[N+](c1ccccc1)(c1ccccc1)c1ccccc1.[O-]B([O-])[O-]. The molecule has 0 aromatic heterocycles. The van der Waals surface area contributed by atoms with Crippen LogP contribution in [0.5, 0.6) is 0 Å². The van der Waals surface area contributed by atoms with Crippen molar-refractivity contribution in [3.8, 4) is 0 Å². The Bertz CT molecular complexity index is 2310. The largest absolute Gasteiger partial charge is 0.907 e. The number of hydrogen-bond donors (Lipinski definition) is 0. The minimum absolute atomic E-state index is 0.784. The number of rotatable bonds is 24. The molecule has 0 N–H and O–H groups in total. The standard InChI is InChI=1S/3C24H28N.BO3/c3*1-2-3-4-14-21-25(22-15-8-5-9-16-22,23-17-10-6-11-18-23)24-19-12-7-13-20-24;2-1(3)4/h3*5-13,15-20H,2-4,14,21H2,1H3;/q3*+1;-3. The van der Waals surface area contributed by atoms with Gasteiger partial charge in [0.25, 0.3) is 0 Å². The average molecular weight is 1050 g/mol. The minimum atomic E-state index is -2.92. The minimum Gasteiger partial charge on any atom is -0.907 e. The monoisotopic (exact) mass is 1050 g/mol. The molecule has 9 rings (SSSR count). The van der Waals surface area contributed by atoms with Crippen LogP contribution >= 0.6 is 0 Å². The fourth-order valence-electron chi connectivity index (χ4n) is 11.0. The predicted molar refractivity (Wildman–Crippen MR) is 334 cm³/mol. The van der Waals surface area contributed by atoms with E-state index in [4.69, 9.17) is 15.1 Å².